The highest BCUT2D eigenvalue weighted by molar-refractivity contribution is 14.1. The Morgan fingerprint density at radius 1 is 1.35 bits per heavy atom. The Morgan fingerprint density at radius 2 is 2.15 bits per heavy atom. The molecular formula is C15H16BrIN2O. The lowest BCUT2D eigenvalue weighted by Gasteiger charge is -2.20. The van der Waals surface area contributed by atoms with Crippen molar-refractivity contribution in [1.82, 2.24) is 10.3 Å². The van der Waals surface area contributed by atoms with Crippen molar-refractivity contribution in [3.05, 3.63) is 55.8 Å². The van der Waals surface area contributed by atoms with Crippen LogP contribution in [0.5, 0.6) is 5.75 Å². The molecule has 5 heteroatoms. The average molecular weight is 447 g/mol. The molecule has 2 aromatic rings. The van der Waals surface area contributed by atoms with Crippen molar-refractivity contribution < 1.29 is 4.74 Å². The second-order valence-corrected chi connectivity index (χ2v) is 6.41. The molecule has 0 radical (unpaired) electrons. The first-order valence-electron chi connectivity index (χ1n) is 6.33. The van der Waals surface area contributed by atoms with Crippen molar-refractivity contribution in [3.63, 3.8) is 0 Å². The number of nitrogens with zero attached hydrogens (tertiary/aromatic N) is 1. The molecule has 20 heavy (non-hydrogen) atoms. The summed E-state index contributed by atoms with van der Waals surface area (Å²) in [6.07, 6.45) is 3.60. The Labute approximate surface area is 141 Å². The first-order valence-corrected chi connectivity index (χ1v) is 8.20. The predicted molar refractivity (Wildman–Crippen MR) is 93.2 cm³/mol. The number of hydrogen-bond donors (Lipinski definition) is 1. The molecule has 1 aromatic heterocycles. The van der Waals surface area contributed by atoms with E-state index in [-0.39, 0.29) is 6.04 Å². The first kappa shape index (κ1) is 15.7. The molecule has 1 unspecified atom stereocenters. The molecule has 0 saturated carbocycles. The molecular weight excluding hydrogens is 431 g/mol. The van der Waals surface area contributed by atoms with Gasteiger partial charge in [0.15, 0.2) is 0 Å². The molecule has 0 aliphatic rings. The summed E-state index contributed by atoms with van der Waals surface area (Å²) in [4.78, 5) is 4.25. The predicted octanol–water partition coefficient (Wildman–Crippen LogP) is 4.16. The highest BCUT2D eigenvalue weighted by Gasteiger charge is 2.17. The summed E-state index contributed by atoms with van der Waals surface area (Å²) in [5.74, 6) is 0.771. The van der Waals surface area contributed by atoms with Crippen LogP contribution in [0.2, 0.25) is 0 Å². The molecule has 106 valence electrons. The summed E-state index contributed by atoms with van der Waals surface area (Å²) in [6.45, 7) is 2.97. The van der Waals surface area contributed by atoms with Crippen LogP contribution in [0.1, 0.15) is 24.1 Å². The number of aromatic nitrogens is 1. The van der Waals surface area contributed by atoms with Gasteiger partial charge < -0.3 is 10.1 Å². The van der Waals surface area contributed by atoms with Crippen LogP contribution in [0.25, 0.3) is 0 Å². The average Bonchev–Trinajstić information content (AvgIpc) is 2.47. The summed E-state index contributed by atoms with van der Waals surface area (Å²) in [5, 5.41) is 3.51. The molecule has 1 heterocycles. The Bertz CT molecular complexity index is 592. The fourth-order valence-electron chi connectivity index (χ4n) is 2.05. The maximum Gasteiger partial charge on any atom is 0.137 e. The van der Waals surface area contributed by atoms with Gasteiger partial charge in [-0.05, 0) is 64.5 Å². The van der Waals surface area contributed by atoms with Crippen molar-refractivity contribution in [1.29, 1.82) is 0 Å². The summed E-state index contributed by atoms with van der Waals surface area (Å²) >= 11 is 5.97. The van der Waals surface area contributed by atoms with Gasteiger partial charge in [0.25, 0.3) is 0 Å². The minimum atomic E-state index is 0.0895. The molecule has 0 aliphatic heterocycles. The number of benzene rings is 1. The topological polar surface area (TPSA) is 34.2 Å². The van der Waals surface area contributed by atoms with Crippen LogP contribution in [0.4, 0.5) is 0 Å². The van der Waals surface area contributed by atoms with E-state index in [0.717, 1.165) is 22.3 Å². The largest absolute Gasteiger partial charge is 0.495 e. The molecule has 1 N–H and O–H groups in total. The van der Waals surface area contributed by atoms with E-state index in [1.165, 1.54) is 9.13 Å². The molecule has 2 rings (SSSR count). The molecule has 0 saturated heterocycles. The third-order valence-corrected chi connectivity index (χ3v) is 4.37. The second-order valence-electron chi connectivity index (χ2n) is 4.31. The molecule has 3 nitrogen and oxygen atoms in total. The standard InChI is InChI=1S/C15H16BrIN2O/c1-3-19-15(10-6-12(20-2)9-18-8-10)13-7-11(17)4-5-14(13)16/h4-9,15,19H,3H2,1-2H3. The van der Waals surface area contributed by atoms with Crippen LogP contribution in [0.15, 0.2) is 41.1 Å². The van der Waals surface area contributed by atoms with Crippen LogP contribution in [0.3, 0.4) is 0 Å². The fourth-order valence-corrected chi connectivity index (χ4v) is 3.04. The summed E-state index contributed by atoms with van der Waals surface area (Å²) in [6, 6.07) is 8.45. The molecule has 0 spiro atoms. The van der Waals surface area contributed by atoms with Crippen molar-refractivity contribution >= 4 is 38.5 Å². The first-order chi connectivity index (χ1) is 9.65. The van der Waals surface area contributed by atoms with E-state index >= 15 is 0 Å². The second kappa shape index (κ2) is 7.38. The van der Waals surface area contributed by atoms with Gasteiger partial charge in [0.1, 0.15) is 5.75 Å². The highest BCUT2D eigenvalue weighted by atomic mass is 127. The number of rotatable bonds is 5. The number of hydrogen-bond acceptors (Lipinski definition) is 3. The lowest BCUT2D eigenvalue weighted by molar-refractivity contribution is 0.411. The molecule has 0 aliphatic carbocycles. The van der Waals surface area contributed by atoms with Gasteiger partial charge in [-0.3, -0.25) is 4.98 Å². The van der Waals surface area contributed by atoms with Gasteiger partial charge in [0, 0.05) is 14.2 Å². The zero-order chi connectivity index (χ0) is 14.5. The molecule has 1 atom stereocenters. The Kier molecular flexibility index (Phi) is 5.80. The van der Waals surface area contributed by atoms with Gasteiger partial charge in [0.05, 0.1) is 19.3 Å². The van der Waals surface area contributed by atoms with Crippen molar-refractivity contribution in [2.24, 2.45) is 0 Å². The van der Waals surface area contributed by atoms with Crippen molar-refractivity contribution in [2.75, 3.05) is 13.7 Å². The van der Waals surface area contributed by atoms with Gasteiger partial charge >= 0.3 is 0 Å². The van der Waals surface area contributed by atoms with Gasteiger partial charge in [-0.15, -0.1) is 0 Å². The number of nitrogens with one attached hydrogen (secondary N) is 1. The van der Waals surface area contributed by atoms with E-state index in [1.807, 2.05) is 12.3 Å². The Balaban J connectivity index is 2.46. The number of methoxy groups -OCH3 is 1. The normalized spacial score (nSPS) is 12.2. The third-order valence-electron chi connectivity index (χ3n) is 2.98. The zero-order valence-corrected chi connectivity index (χ0v) is 15.1. The van der Waals surface area contributed by atoms with Gasteiger partial charge in [-0.2, -0.15) is 0 Å². The van der Waals surface area contributed by atoms with E-state index in [0.29, 0.717) is 0 Å². The monoisotopic (exact) mass is 446 g/mol. The number of ether oxygens (including phenoxy) is 1. The summed E-state index contributed by atoms with van der Waals surface area (Å²) < 4.78 is 7.57. The lowest BCUT2D eigenvalue weighted by Crippen LogP contribution is -2.22. The molecule has 0 amide bonds. The smallest absolute Gasteiger partial charge is 0.137 e. The van der Waals surface area contributed by atoms with E-state index in [1.54, 1.807) is 13.3 Å². The lowest BCUT2D eigenvalue weighted by atomic mass is 10.00. The van der Waals surface area contributed by atoms with E-state index in [2.05, 4.69) is 73.9 Å². The Morgan fingerprint density at radius 3 is 2.85 bits per heavy atom. The van der Waals surface area contributed by atoms with Gasteiger partial charge in [-0.25, -0.2) is 0 Å². The van der Waals surface area contributed by atoms with Crippen molar-refractivity contribution in [2.45, 2.75) is 13.0 Å². The third kappa shape index (κ3) is 3.71. The quantitative estimate of drug-likeness (QED) is 0.700. The molecule has 0 bridgehead atoms. The number of pyridine rings is 1. The SMILES string of the molecule is CCNC(c1cncc(OC)c1)c1cc(I)ccc1Br. The van der Waals surface area contributed by atoms with Crippen LogP contribution < -0.4 is 10.1 Å². The van der Waals surface area contributed by atoms with Gasteiger partial charge in [-0.1, -0.05) is 22.9 Å². The van der Waals surface area contributed by atoms with Gasteiger partial charge in [0.2, 0.25) is 0 Å². The van der Waals surface area contributed by atoms with Crippen LogP contribution >= 0.6 is 38.5 Å². The maximum absolute atomic E-state index is 5.27. The van der Waals surface area contributed by atoms with E-state index in [4.69, 9.17) is 4.74 Å². The zero-order valence-electron chi connectivity index (χ0n) is 11.4. The molecule has 0 fully saturated rings. The highest BCUT2D eigenvalue weighted by Crippen LogP contribution is 2.31. The van der Waals surface area contributed by atoms with E-state index < -0.39 is 0 Å². The Hall–Kier alpha value is -0.660. The van der Waals surface area contributed by atoms with Crippen LogP contribution in [-0.4, -0.2) is 18.6 Å². The van der Waals surface area contributed by atoms with Crippen molar-refractivity contribution in [3.8, 4) is 5.75 Å². The minimum absolute atomic E-state index is 0.0895. The fraction of sp³-hybridized carbons (Fsp3) is 0.267. The van der Waals surface area contributed by atoms with Crippen LogP contribution in [-0.2, 0) is 0 Å². The summed E-state index contributed by atoms with van der Waals surface area (Å²) in [5.41, 5.74) is 2.29. The maximum atomic E-state index is 5.27. The summed E-state index contributed by atoms with van der Waals surface area (Å²) in [7, 11) is 1.66. The minimum Gasteiger partial charge on any atom is -0.495 e. The van der Waals surface area contributed by atoms with Crippen LogP contribution in [0, 0.1) is 3.57 Å². The van der Waals surface area contributed by atoms with E-state index in [9.17, 15) is 0 Å². The number of halogens is 2. The molecule has 1 aromatic carbocycles.